The summed E-state index contributed by atoms with van der Waals surface area (Å²) in [6, 6.07) is 10.4. The molecule has 5 nitrogen and oxygen atoms in total. The van der Waals surface area contributed by atoms with Gasteiger partial charge in [-0.1, -0.05) is 18.2 Å². The van der Waals surface area contributed by atoms with E-state index in [-0.39, 0.29) is 0 Å². The molecule has 2 heterocycles. The van der Waals surface area contributed by atoms with Crippen molar-refractivity contribution in [1.82, 2.24) is 20.3 Å². The second-order valence-electron chi connectivity index (χ2n) is 5.05. The number of amides is 1. The first-order chi connectivity index (χ1) is 9.86. The van der Waals surface area contributed by atoms with Gasteiger partial charge in [0.15, 0.2) is 0 Å². The van der Waals surface area contributed by atoms with Crippen molar-refractivity contribution in [3.8, 4) is 0 Å². The van der Waals surface area contributed by atoms with Gasteiger partial charge in [0, 0.05) is 50.4 Å². The molecule has 0 atom stereocenters. The zero-order chi connectivity index (χ0) is 13.8. The van der Waals surface area contributed by atoms with Crippen LogP contribution in [0.4, 0.5) is 0 Å². The molecular formula is C15H19N4O. The lowest BCUT2D eigenvalue weighted by Crippen LogP contribution is -2.52. The Labute approximate surface area is 118 Å². The van der Waals surface area contributed by atoms with Crippen LogP contribution in [0, 0.1) is 0 Å². The number of hydrazine groups is 1. The Hall–Kier alpha value is -1.85. The number of fused-ring (bicyclic) bond motifs is 1. The molecule has 2 aromatic rings. The lowest BCUT2D eigenvalue weighted by molar-refractivity contribution is 0.0304. The molecule has 1 aliphatic rings. The third-order valence-corrected chi connectivity index (χ3v) is 3.72. The predicted molar refractivity (Wildman–Crippen MR) is 78.8 cm³/mol. The first-order valence-electron chi connectivity index (χ1n) is 7.04. The van der Waals surface area contributed by atoms with E-state index in [9.17, 15) is 4.79 Å². The number of aromatic nitrogens is 1. The van der Waals surface area contributed by atoms with E-state index in [4.69, 9.17) is 0 Å². The third-order valence-electron chi connectivity index (χ3n) is 3.72. The number of aromatic amines is 1. The SMILES string of the molecule is O=[C]N(CCc1cc2ccccc2[nH]1)N1CCNCC1. The van der Waals surface area contributed by atoms with Gasteiger partial charge in [0.2, 0.25) is 0 Å². The summed E-state index contributed by atoms with van der Waals surface area (Å²) in [4.78, 5) is 14.5. The van der Waals surface area contributed by atoms with Crippen molar-refractivity contribution in [3.05, 3.63) is 36.0 Å². The fraction of sp³-hybridized carbons (Fsp3) is 0.400. The zero-order valence-electron chi connectivity index (χ0n) is 11.4. The van der Waals surface area contributed by atoms with Gasteiger partial charge in [-0.05, 0) is 17.5 Å². The maximum atomic E-state index is 11.1. The van der Waals surface area contributed by atoms with E-state index in [2.05, 4.69) is 33.5 Å². The smallest absolute Gasteiger partial charge is 0.327 e. The summed E-state index contributed by atoms with van der Waals surface area (Å²) in [6.45, 7) is 4.23. The van der Waals surface area contributed by atoms with E-state index in [0.29, 0.717) is 6.54 Å². The van der Waals surface area contributed by atoms with Crippen LogP contribution in [-0.2, 0) is 11.2 Å². The predicted octanol–water partition coefficient (Wildman–Crippen LogP) is 0.900. The number of hydrogen-bond acceptors (Lipinski definition) is 3. The molecule has 1 aliphatic heterocycles. The minimum atomic E-state index is 0.663. The molecule has 0 bridgehead atoms. The van der Waals surface area contributed by atoms with Crippen LogP contribution in [0.25, 0.3) is 10.9 Å². The number of rotatable bonds is 5. The molecule has 1 amide bonds. The highest BCUT2D eigenvalue weighted by Gasteiger charge is 2.17. The lowest BCUT2D eigenvalue weighted by atomic mass is 10.2. The number of hydrogen-bond donors (Lipinski definition) is 2. The molecule has 0 unspecified atom stereocenters. The Morgan fingerprint density at radius 1 is 1.25 bits per heavy atom. The fourth-order valence-corrected chi connectivity index (χ4v) is 2.63. The number of H-pyrrole nitrogens is 1. The maximum absolute atomic E-state index is 11.1. The Morgan fingerprint density at radius 3 is 2.80 bits per heavy atom. The van der Waals surface area contributed by atoms with Gasteiger partial charge in [-0.2, -0.15) is 0 Å². The molecule has 1 saturated heterocycles. The number of carbonyl (C=O) groups excluding carboxylic acids is 1. The van der Waals surface area contributed by atoms with Crippen molar-refractivity contribution >= 4 is 17.3 Å². The number of benzene rings is 1. The van der Waals surface area contributed by atoms with Gasteiger partial charge in [0.05, 0.1) is 0 Å². The molecular weight excluding hydrogens is 252 g/mol. The molecule has 5 heteroatoms. The summed E-state index contributed by atoms with van der Waals surface area (Å²) < 4.78 is 0. The first kappa shape index (κ1) is 13.1. The Bertz CT molecular complexity index is 541. The topological polar surface area (TPSA) is 51.4 Å². The molecule has 105 valence electrons. The van der Waals surface area contributed by atoms with Gasteiger partial charge in [-0.25, -0.2) is 5.01 Å². The third kappa shape index (κ3) is 2.84. The number of nitrogens with zero attached hydrogens (tertiary/aromatic N) is 2. The Balaban J connectivity index is 1.63. The Kier molecular flexibility index (Phi) is 3.99. The van der Waals surface area contributed by atoms with E-state index >= 15 is 0 Å². The highest BCUT2D eigenvalue weighted by Crippen LogP contribution is 2.15. The van der Waals surface area contributed by atoms with E-state index in [1.165, 1.54) is 5.39 Å². The van der Waals surface area contributed by atoms with Crippen LogP contribution in [0.3, 0.4) is 0 Å². The van der Waals surface area contributed by atoms with Crippen molar-refractivity contribution in [2.24, 2.45) is 0 Å². The largest absolute Gasteiger partial charge is 0.358 e. The van der Waals surface area contributed by atoms with Crippen molar-refractivity contribution in [1.29, 1.82) is 0 Å². The summed E-state index contributed by atoms with van der Waals surface area (Å²) in [6.07, 6.45) is 2.86. The second kappa shape index (κ2) is 6.07. The molecule has 20 heavy (non-hydrogen) atoms. The van der Waals surface area contributed by atoms with Crippen molar-refractivity contribution in [2.75, 3.05) is 32.7 Å². The summed E-state index contributed by atoms with van der Waals surface area (Å²) in [5, 5.41) is 8.23. The van der Waals surface area contributed by atoms with Gasteiger partial charge in [-0.15, -0.1) is 0 Å². The van der Waals surface area contributed by atoms with Crippen LogP contribution >= 0.6 is 0 Å². The molecule has 1 aromatic carbocycles. The standard InChI is InChI=1S/C15H19N4O/c20-12-19(18-9-6-16-7-10-18)8-5-14-11-13-3-1-2-4-15(13)17-14/h1-4,11,16-17H,5-10H2. The van der Waals surface area contributed by atoms with E-state index in [0.717, 1.165) is 43.8 Å². The van der Waals surface area contributed by atoms with Gasteiger partial charge < -0.3 is 10.3 Å². The zero-order valence-corrected chi connectivity index (χ0v) is 11.4. The van der Waals surface area contributed by atoms with Crippen molar-refractivity contribution < 1.29 is 4.79 Å². The quantitative estimate of drug-likeness (QED) is 0.794. The van der Waals surface area contributed by atoms with Crippen LogP contribution in [0.2, 0.25) is 0 Å². The summed E-state index contributed by atoms with van der Waals surface area (Å²) in [5.41, 5.74) is 2.30. The van der Waals surface area contributed by atoms with Crippen molar-refractivity contribution in [3.63, 3.8) is 0 Å². The van der Waals surface area contributed by atoms with E-state index in [1.54, 1.807) is 5.01 Å². The van der Waals surface area contributed by atoms with Crippen LogP contribution in [-0.4, -0.2) is 54.1 Å². The van der Waals surface area contributed by atoms with Gasteiger partial charge in [0.25, 0.3) is 0 Å². The van der Waals surface area contributed by atoms with Gasteiger partial charge >= 0.3 is 6.41 Å². The van der Waals surface area contributed by atoms with Crippen molar-refractivity contribution in [2.45, 2.75) is 6.42 Å². The molecule has 1 aromatic heterocycles. The van der Waals surface area contributed by atoms with Gasteiger partial charge in [-0.3, -0.25) is 9.80 Å². The highest BCUT2D eigenvalue weighted by molar-refractivity contribution is 5.80. The van der Waals surface area contributed by atoms with Crippen LogP contribution in [0.5, 0.6) is 0 Å². The molecule has 0 saturated carbocycles. The lowest BCUT2D eigenvalue weighted by Gasteiger charge is -2.34. The van der Waals surface area contributed by atoms with Gasteiger partial charge in [0.1, 0.15) is 0 Å². The van der Waals surface area contributed by atoms with E-state index in [1.807, 2.05) is 18.5 Å². The average Bonchev–Trinajstić information content (AvgIpc) is 2.92. The minimum absolute atomic E-state index is 0.663. The molecule has 1 fully saturated rings. The molecule has 0 spiro atoms. The monoisotopic (exact) mass is 271 g/mol. The molecule has 3 rings (SSSR count). The summed E-state index contributed by atoms with van der Waals surface area (Å²) >= 11 is 0. The highest BCUT2D eigenvalue weighted by atomic mass is 16.1. The Morgan fingerprint density at radius 2 is 2.05 bits per heavy atom. The first-order valence-corrected chi connectivity index (χ1v) is 7.04. The average molecular weight is 271 g/mol. The second-order valence-corrected chi connectivity index (χ2v) is 5.05. The molecule has 1 radical (unpaired) electrons. The molecule has 2 N–H and O–H groups in total. The summed E-state index contributed by atoms with van der Waals surface area (Å²) in [7, 11) is 0. The van der Waals surface area contributed by atoms with Crippen LogP contribution in [0.15, 0.2) is 30.3 Å². The fourth-order valence-electron chi connectivity index (χ4n) is 2.63. The number of piperazine rings is 1. The number of para-hydroxylation sites is 1. The molecule has 0 aliphatic carbocycles. The van der Waals surface area contributed by atoms with Crippen LogP contribution < -0.4 is 5.32 Å². The summed E-state index contributed by atoms with van der Waals surface area (Å²) in [5.74, 6) is 0. The maximum Gasteiger partial charge on any atom is 0.327 e. The van der Waals surface area contributed by atoms with E-state index < -0.39 is 0 Å². The minimum Gasteiger partial charge on any atom is -0.358 e. The number of nitrogens with one attached hydrogen (secondary N) is 2. The normalized spacial score (nSPS) is 16.4. The van der Waals surface area contributed by atoms with Crippen LogP contribution in [0.1, 0.15) is 5.69 Å².